The maximum absolute atomic E-state index is 12.1. The zero-order chi connectivity index (χ0) is 15.6. The van der Waals surface area contributed by atoms with Gasteiger partial charge in [-0.1, -0.05) is 29.8 Å². The molecule has 1 aromatic rings. The standard InChI is InChI=1S/C17H23ClN2O2/c1-22-9-6-16(21)20-8-7-17(13-20)11-19(12-17)10-14-4-2-3-5-15(14)18/h2-5H,6-13H2,1H3. The van der Waals surface area contributed by atoms with Gasteiger partial charge >= 0.3 is 0 Å². The lowest BCUT2D eigenvalue weighted by Gasteiger charge is -2.48. The van der Waals surface area contributed by atoms with Gasteiger partial charge in [0.1, 0.15) is 0 Å². The summed E-state index contributed by atoms with van der Waals surface area (Å²) in [6.07, 6.45) is 1.61. The van der Waals surface area contributed by atoms with Gasteiger partial charge in [-0.25, -0.2) is 0 Å². The van der Waals surface area contributed by atoms with Crippen LogP contribution in [-0.4, -0.2) is 55.6 Å². The molecule has 1 amide bonds. The molecule has 2 fully saturated rings. The van der Waals surface area contributed by atoms with Crippen molar-refractivity contribution in [3.63, 3.8) is 0 Å². The molecule has 5 heteroatoms. The topological polar surface area (TPSA) is 32.8 Å². The Morgan fingerprint density at radius 1 is 1.32 bits per heavy atom. The summed E-state index contributed by atoms with van der Waals surface area (Å²) in [7, 11) is 1.64. The first-order chi connectivity index (χ1) is 10.6. The van der Waals surface area contributed by atoms with Crippen molar-refractivity contribution in [3.8, 4) is 0 Å². The van der Waals surface area contributed by atoms with Crippen LogP contribution in [0.15, 0.2) is 24.3 Å². The summed E-state index contributed by atoms with van der Waals surface area (Å²) in [5.74, 6) is 0.225. The second-order valence-electron chi connectivity index (χ2n) is 6.54. The highest BCUT2D eigenvalue weighted by Gasteiger charge is 2.48. The smallest absolute Gasteiger partial charge is 0.224 e. The number of likely N-dealkylation sites (tertiary alicyclic amines) is 2. The maximum Gasteiger partial charge on any atom is 0.224 e. The van der Waals surface area contributed by atoms with Crippen LogP contribution in [0.4, 0.5) is 0 Å². The van der Waals surface area contributed by atoms with E-state index in [1.54, 1.807) is 7.11 Å². The monoisotopic (exact) mass is 322 g/mol. The lowest BCUT2D eigenvalue weighted by atomic mass is 9.79. The molecule has 2 saturated heterocycles. The van der Waals surface area contributed by atoms with Crippen molar-refractivity contribution in [2.24, 2.45) is 5.41 Å². The van der Waals surface area contributed by atoms with E-state index in [2.05, 4.69) is 11.0 Å². The molecule has 0 bridgehead atoms. The van der Waals surface area contributed by atoms with Crippen molar-refractivity contribution < 1.29 is 9.53 Å². The van der Waals surface area contributed by atoms with Crippen LogP contribution in [0.5, 0.6) is 0 Å². The molecule has 0 aliphatic carbocycles. The molecule has 4 nitrogen and oxygen atoms in total. The first-order valence-corrected chi connectivity index (χ1v) is 8.22. The first kappa shape index (κ1) is 15.8. The lowest BCUT2D eigenvalue weighted by molar-refractivity contribution is -0.132. The molecule has 120 valence electrons. The molecule has 1 aromatic carbocycles. The van der Waals surface area contributed by atoms with Crippen LogP contribution in [0, 0.1) is 5.41 Å². The quantitative estimate of drug-likeness (QED) is 0.834. The van der Waals surface area contributed by atoms with E-state index >= 15 is 0 Å². The number of rotatable bonds is 5. The molecule has 22 heavy (non-hydrogen) atoms. The number of amides is 1. The van der Waals surface area contributed by atoms with Gasteiger partial charge in [0.15, 0.2) is 0 Å². The first-order valence-electron chi connectivity index (χ1n) is 7.84. The number of benzene rings is 1. The highest BCUT2D eigenvalue weighted by atomic mass is 35.5. The Morgan fingerprint density at radius 2 is 2.09 bits per heavy atom. The van der Waals surface area contributed by atoms with Crippen molar-refractivity contribution in [1.82, 2.24) is 9.80 Å². The molecule has 0 unspecified atom stereocenters. The van der Waals surface area contributed by atoms with Crippen molar-refractivity contribution in [2.45, 2.75) is 19.4 Å². The fourth-order valence-electron chi connectivity index (χ4n) is 3.64. The van der Waals surface area contributed by atoms with E-state index in [1.165, 1.54) is 5.56 Å². The van der Waals surface area contributed by atoms with Crippen LogP contribution >= 0.6 is 11.6 Å². The van der Waals surface area contributed by atoms with Crippen molar-refractivity contribution >= 4 is 17.5 Å². The number of hydrogen-bond acceptors (Lipinski definition) is 3. The zero-order valence-corrected chi connectivity index (χ0v) is 13.8. The van der Waals surface area contributed by atoms with Gasteiger partial charge in [-0.05, 0) is 18.1 Å². The summed E-state index contributed by atoms with van der Waals surface area (Å²) in [6, 6.07) is 8.02. The fourth-order valence-corrected chi connectivity index (χ4v) is 3.83. The molecule has 0 aromatic heterocycles. The van der Waals surface area contributed by atoms with Gasteiger partial charge in [-0.2, -0.15) is 0 Å². The SMILES string of the molecule is COCCC(=O)N1CCC2(CN(Cc3ccccc3Cl)C2)C1. The minimum atomic E-state index is 0.225. The third kappa shape index (κ3) is 3.29. The number of carbonyl (C=O) groups is 1. The summed E-state index contributed by atoms with van der Waals surface area (Å²) in [4.78, 5) is 16.5. The Morgan fingerprint density at radius 3 is 2.82 bits per heavy atom. The highest BCUT2D eigenvalue weighted by molar-refractivity contribution is 6.31. The van der Waals surface area contributed by atoms with E-state index in [4.69, 9.17) is 16.3 Å². The number of nitrogens with zero attached hydrogens (tertiary/aromatic N) is 2. The number of ether oxygens (including phenoxy) is 1. The number of methoxy groups -OCH3 is 1. The molecule has 2 aliphatic heterocycles. The van der Waals surface area contributed by atoms with E-state index < -0.39 is 0 Å². The zero-order valence-electron chi connectivity index (χ0n) is 13.1. The Balaban J connectivity index is 1.49. The minimum absolute atomic E-state index is 0.225. The van der Waals surface area contributed by atoms with Crippen LogP contribution in [0.25, 0.3) is 0 Å². The Labute approximate surface area is 137 Å². The Bertz CT molecular complexity index is 543. The number of carbonyl (C=O) groups excluding carboxylic acids is 1. The van der Waals surface area contributed by atoms with Gasteiger partial charge in [0.2, 0.25) is 5.91 Å². The van der Waals surface area contributed by atoms with Crippen molar-refractivity contribution in [2.75, 3.05) is 39.9 Å². The average Bonchev–Trinajstić information content (AvgIpc) is 2.92. The van der Waals surface area contributed by atoms with E-state index in [9.17, 15) is 4.79 Å². The predicted octanol–water partition coefficient (Wildman–Crippen LogP) is 2.41. The Kier molecular flexibility index (Phi) is 4.71. The van der Waals surface area contributed by atoms with Crippen LogP contribution in [0.2, 0.25) is 5.02 Å². The molecular weight excluding hydrogens is 300 g/mol. The van der Waals surface area contributed by atoms with Crippen molar-refractivity contribution in [1.29, 1.82) is 0 Å². The van der Waals surface area contributed by atoms with Gasteiger partial charge < -0.3 is 9.64 Å². The second kappa shape index (κ2) is 6.57. The summed E-state index contributed by atoms with van der Waals surface area (Å²) >= 11 is 6.22. The van der Waals surface area contributed by atoms with Crippen LogP contribution in [0.1, 0.15) is 18.4 Å². The summed E-state index contributed by atoms with van der Waals surface area (Å²) < 4.78 is 4.99. The lowest BCUT2D eigenvalue weighted by Crippen LogP contribution is -2.57. The molecule has 2 heterocycles. The van der Waals surface area contributed by atoms with Crippen LogP contribution < -0.4 is 0 Å². The maximum atomic E-state index is 12.1. The molecule has 0 atom stereocenters. The molecule has 0 saturated carbocycles. The van der Waals surface area contributed by atoms with E-state index in [-0.39, 0.29) is 5.91 Å². The van der Waals surface area contributed by atoms with Crippen molar-refractivity contribution in [3.05, 3.63) is 34.9 Å². The molecule has 1 spiro atoms. The largest absolute Gasteiger partial charge is 0.384 e. The molecule has 0 N–H and O–H groups in total. The third-order valence-electron chi connectivity index (χ3n) is 4.78. The van der Waals surface area contributed by atoms with Gasteiger partial charge in [-0.3, -0.25) is 9.69 Å². The average molecular weight is 323 g/mol. The number of halogens is 1. The van der Waals surface area contributed by atoms with Gasteiger partial charge in [0.25, 0.3) is 0 Å². The summed E-state index contributed by atoms with van der Waals surface area (Å²) in [5, 5.41) is 0.839. The second-order valence-corrected chi connectivity index (χ2v) is 6.95. The molecule has 0 radical (unpaired) electrons. The third-order valence-corrected chi connectivity index (χ3v) is 5.15. The van der Waals surface area contributed by atoms with Crippen LogP contribution in [0.3, 0.4) is 0 Å². The van der Waals surface area contributed by atoms with E-state index in [0.29, 0.717) is 18.4 Å². The molecule has 3 rings (SSSR count). The predicted molar refractivity (Wildman–Crippen MR) is 86.9 cm³/mol. The molecule has 2 aliphatic rings. The number of hydrogen-bond donors (Lipinski definition) is 0. The fraction of sp³-hybridized carbons (Fsp3) is 0.588. The van der Waals surface area contributed by atoms with Crippen LogP contribution in [-0.2, 0) is 16.1 Å². The normalized spacial score (nSPS) is 20.4. The summed E-state index contributed by atoms with van der Waals surface area (Å²) in [6.45, 7) is 5.33. The van der Waals surface area contributed by atoms with Gasteiger partial charge in [0, 0.05) is 50.3 Å². The van der Waals surface area contributed by atoms with Gasteiger partial charge in [0.05, 0.1) is 13.0 Å². The highest BCUT2D eigenvalue weighted by Crippen LogP contribution is 2.40. The van der Waals surface area contributed by atoms with E-state index in [0.717, 1.165) is 44.2 Å². The van der Waals surface area contributed by atoms with E-state index in [1.807, 2.05) is 23.1 Å². The van der Waals surface area contributed by atoms with Gasteiger partial charge in [-0.15, -0.1) is 0 Å². The summed E-state index contributed by atoms with van der Waals surface area (Å²) in [5.41, 5.74) is 1.49. The Hall–Kier alpha value is -1.10. The minimum Gasteiger partial charge on any atom is -0.384 e. The molecular formula is C17H23ClN2O2.